The molecular weight excluding hydrogens is 250 g/mol. The van der Waals surface area contributed by atoms with Crippen LogP contribution in [0.4, 0.5) is 0 Å². The zero-order valence-corrected chi connectivity index (χ0v) is 10.9. The van der Waals surface area contributed by atoms with E-state index in [1.807, 2.05) is 17.6 Å². The summed E-state index contributed by atoms with van der Waals surface area (Å²) in [6, 6.07) is 5.37. The lowest BCUT2D eigenvalue weighted by molar-refractivity contribution is 0.0958. The maximum absolute atomic E-state index is 11.8. The summed E-state index contributed by atoms with van der Waals surface area (Å²) in [5.74, 6) is -0.140. The summed E-state index contributed by atoms with van der Waals surface area (Å²) < 4.78 is 1.89. The third-order valence-corrected chi connectivity index (χ3v) is 2.98. The molecule has 0 spiro atoms. The molecule has 0 radical (unpaired) electrons. The van der Waals surface area contributed by atoms with Gasteiger partial charge in [0.15, 0.2) is 0 Å². The van der Waals surface area contributed by atoms with Crippen LogP contribution in [0.15, 0.2) is 30.9 Å². The van der Waals surface area contributed by atoms with E-state index in [1.54, 1.807) is 18.2 Å². The van der Waals surface area contributed by atoms with E-state index in [9.17, 15) is 4.79 Å². The maximum atomic E-state index is 11.8. The van der Waals surface area contributed by atoms with E-state index in [2.05, 4.69) is 16.9 Å². The highest BCUT2D eigenvalue weighted by molar-refractivity contribution is 6.29. The van der Waals surface area contributed by atoms with E-state index >= 15 is 0 Å². The van der Waals surface area contributed by atoms with Gasteiger partial charge in [0.25, 0.3) is 5.91 Å². The standard InChI is InChI=1S/C13H14ClN3O/c1-3-7-15-12(18)9-5-6-11-10(8-9)16-13(14)17(11)4-2/h3,5-6,8H,1,4,7H2,2H3,(H,15,18). The number of benzene rings is 1. The maximum Gasteiger partial charge on any atom is 0.251 e. The first kappa shape index (κ1) is 12.6. The highest BCUT2D eigenvalue weighted by Crippen LogP contribution is 2.20. The number of amides is 1. The monoisotopic (exact) mass is 263 g/mol. The molecule has 0 saturated carbocycles. The predicted octanol–water partition coefficient (Wildman–Crippen LogP) is 2.63. The molecule has 1 amide bonds. The smallest absolute Gasteiger partial charge is 0.251 e. The molecule has 0 saturated heterocycles. The Balaban J connectivity index is 2.39. The van der Waals surface area contributed by atoms with Crippen molar-refractivity contribution < 1.29 is 4.79 Å². The molecule has 1 aromatic heterocycles. The summed E-state index contributed by atoms with van der Waals surface area (Å²) in [5, 5.41) is 3.17. The van der Waals surface area contributed by atoms with Crippen molar-refractivity contribution in [1.29, 1.82) is 0 Å². The summed E-state index contributed by atoms with van der Waals surface area (Å²) in [6.45, 7) is 6.74. The molecular formula is C13H14ClN3O. The van der Waals surface area contributed by atoms with Gasteiger partial charge in [-0.1, -0.05) is 6.08 Å². The van der Waals surface area contributed by atoms with Crippen LogP contribution in [0.3, 0.4) is 0 Å². The van der Waals surface area contributed by atoms with Crippen LogP contribution in [0.25, 0.3) is 11.0 Å². The zero-order valence-electron chi connectivity index (χ0n) is 10.1. The third kappa shape index (κ3) is 2.24. The third-order valence-electron chi connectivity index (χ3n) is 2.69. The summed E-state index contributed by atoms with van der Waals surface area (Å²) in [6.07, 6.45) is 1.64. The highest BCUT2D eigenvalue weighted by atomic mass is 35.5. The molecule has 0 atom stereocenters. The number of aromatic nitrogens is 2. The number of hydrogen-bond donors (Lipinski definition) is 1. The number of nitrogens with one attached hydrogen (secondary N) is 1. The Bertz CT molecular complexity index is 604. The summed E-state index contributed by atoms with van der Waals surface area (Å²) in [5.41, 5.74) is 2.23. The van der Waals surface area contributed by atoms with Gasteiger partial charge in [0.05, 0.1) is 11.0 Å². The van der Waals surface area contributed by atoms with Crippen molar-refractivity contribution in [1.82, 2.24) is 14.9 Å². The van der Waals surface area contributed by atoms with Gasteiger partial charge >= 0.3 is 0 Å². The van der Waals surface area contributed by atoms with Crippen LogP contribution in [0.5, 0.6) is 0 Å². The topological polar surface area (TPSA) is 46.9 Å². The number of carbonyl (C=O) groups is 1. The van der Waals surface area contributed by atoms with Gasteiger partial charge in [0, 0.05) is 18.7 Å². The minimum Gasteiger partial charge on any atom is -0.349 e. The summed E-state index contributed by atoms with van der Waals surface area (Å²) >= 11 is 6.02. The molecule has 0 aliphatic carbocycles. The van der Waals surface area contributed by atoms with Crippen LogP contribution in [-0.4, -0.2) is 22.0 Å². The van der Waals surface area contributed by atoms with Crippen LogP contribution in [0, 0.1) is 0 Å². The van der Waals surface area contributed by atoms with E-state index in [0.717, 1.165) is 17.6 Å². The lowest BCUT2D eigenvalue weighted by atomic mass is 10.2. The zero-order chi connectivity index (χ0) is 13.1. The first-order valence-electron chi connectivity index (χ1n) is 5.72. The second kappa shape index (κ2) is 5.23. The number of nitrogens with zero attached hydrogens (tertiary/aromatic N) is 2. The van der Waals surface area contributed by atoms with Crippen LogP contribution >= 0.6 is 11.6 Å². The van der Waals surface area contributed by atoms with Crippen molar-refractivity contribution in [3.63, 3.8) is 0 Å². The number of imidazole rings is 1. The Morgan fingerprint density at radius 1 is 1.61 bits per heavy atom. The van der Waals surface area contributed by atoms with Gasteiger partial charge in [0.1, 0.15) is 0 Å². The largest absolute Gasteiger partial charge is 0.349 e. The summed E-state index contributed by atoms with van der Waals surface area (Å²) in [7, 11) is 0. The molecule has 1 aromatic carbocycles. The second-order valence-electron chi connectivity index (χ2n) is 3.83. The van der Waals surface area contributed by atoms with Gasteiger partial charge in [-0.2, -0.15) is 0 Å². The number of aryl methyl sites for hydroxylation is 1. The van der Waals surface area contributed by atoms with Crippen molar-refractivity contribution in [2.45, 2.75) is 13.5 Å². The summed E-state index contributed by atoms with van der Waals surface area (Å²) in [4.78, 5) is 16.0. The molecule has 0 aliphatic heterocycles. The van der Waals surface area contributed by atoms with E-state index in [-0.39, 0.29) is 5.91 Å². The number of halogens is 1. The fourth-order valence-electron chi connectivity index (χ4n) is 1.81. The number of fused-ring (bicyclic) bond motifs is 1. The van der Waals surface area contributed by atoms with Crippen molar-refractivity contribution in [2.24, 2.45) is 0 Å². The Hall–Kier alpha value is -1.81. The van der Waals surface area contributed by atoms with Crippen LogP contribution in [0.1, 0.15) is 17.3 Å². The van der Waals surface area contributed by atoms with Crippen molar-refractivity contribution in [2.75, 3.05) is 6.54 Å². The Labute approximate surface area is 110 Å². The fourth-order valence-corrected chi connectivity index (χ4v) is 2.11. The van der Waals surface area contributed by atoms with Gasteiger partial charge in [-0.15, -0.1) is 6.58 Å². The van der Waals surface area contributed by atoms with Crippen LogP contribution in [0.2, 0.25) is 5.28 Å². The molecule has 5 heteroatoms. The molecule has 0 fully saturated rings. The molecule has 18 heavy (non-hydrogen) atoms. The number of hydrogen-bond acceptors (Lipinski definition) is 2. The second-order valence-corrected chi connectivity index (χ2v) is 4.17. The molecule has 0 aliphatic rings. The molecule has 2 aromatic rings. The van der Waals surface area contributed by atoms with Gasteiger partial charge in [-0.25, -0.2) is 4.98 Å². The fraction of sp³-hybridized carbons (Fsp3) is 0.231. The Kier molecular flexibility index (Phi) is 3.67. The minimum absolute atomic E-state index is 0.140. The SMILES string of the molecule is C=CCNC(=O)c1ccc2c(c1)nc(Cl)n2CC. The van der Waals surface area contributed by atoms with E-state index < -0.39 is 0 Å². The molecule has 0 bridgehead atoms. The van der Waals surface area contributed by atoms with Gasteiger partial charge in [-0.05, 0) is 36.7 Å². The average molecular weight is 264 g/mol. The number of carbonyl (C=O) groups excluding carboxylic acids is 1. The van der Waals surface area contributed by atoms with Gasteiger partial charge < -0.3 is 9.88 Å². The van der Waals surface area contributed by atoms with Crippen molar-refractivity contribution in [3.05, 3.63) is 41.7 Å². The van der Waals surface area contributed by atoms with Gasteiger partial charge in [-0.3, -0.25) is 4.79 Å². The van der Waals surface area contributed by atoms with E-state index in [0.29, 0.717) is 17.4 Å². The van der Waals surface area contributed by atoms with Gasteiger partial charge in [0.2, 0.25) is 5.28 Å². The van der Waals surface area contributed by atoms with Crippen molar-refractivity contribution in [3.8, 4) is 0 Å². The molecule has 2 rings (SSSR count). The average Bonchev–Trinajstić information content (AvgIpc) is 2.69. The first-order chi connectivity index (χ1) is 8.67. The predicted molar refractivity (Wildman–Crippen MR) is 72.9 cm³/mol. The highest BCUT2D eigenvalue weighted by Gasteiger charge is 2.10. The normalized spacial score (nSPS) is 10.6. The van der Waals surface area contributed by atoms with Crippen LogP contribution < -0.4 is 5.32 Å². The minimum atomic E-state index is -0.140. The lowest BCUT2D eigenvalue weighted by Crippen LogP contribution is -2.23. The van der Waals surface area contributed by atoms with E-state index in [4.69, 9.17) is 11.6 Å². The Morgan fingerprint density at radius 2 is 2.39 bits per heavy atom. The van der Waals surface area contributed by atoms with E-state index in [1.165, 1.54) is 0 Å². The lowest BCUT2D eigenvalue weighted by Gasteiger charge is -2.03. The molecule has 1 heterocycles. The van der Waals surface area contributed by atoms with Crippen LogP contribution in [-0.2, 0) is 6.54 Å². The quantitative estimate of drug-likeness (QED) is 0.862. The molecule has 1 N–H and O–H groups in total. The first-order valence-corrected chi connectivity index (χ1v) is 6.10. The molecule has 4 nitrogen and oxygen atoms in total. The Morgan fingerprint density at radius 3 is 3.06 bits per heavy atom. The van der Waals surface area contributed by atoms with Crippen molar-refractivity contribution >= 4 is 28.5 Å². The number of rotatable bonds is 4. The molecule has 0 unspecified atom stereocenters. The molecule has 94 valence electrons.